The molecule has 0 bridgehead atoms. The average Bonchev–Trinajstić information content (AvgIpc) is 3.34. The summed E-state index contributed by atoms with van der Waals surface area (Å²) in [7, 11) is -1.52. The molecule has 1 aliphatic heterocycles. The van der Waals surface area contributed by atoms with Crippen LogP contribution in [-0.2, 0) is 27.6 Å². The second-order valence-electron chi connectivity index (χ2n) is 8.77. The molecule has 4 rings (SSSR count). The largest absolute Gasteiger partial charge is 0.497 e. The van der Waals surface area contributed by atoms with E-state index in [1.807, 2.05) is 30.3 Å². The van der Waals surface area contributed by atoms with Crippen molar-refractivity contribution in [3.63, 3.8) is 0 Å². The van der Waals surface area contributed by atoms with Crippen molar-refractivity contribution in [1.82, 2.24) is 4.90 Å². The predicted molar refractivity (Wildman–Crippen MR) is 125 cm³/mol. The summed E-state index contributed by atoms with van der Waals surface area (Å²) in [6.07, 6.45) is 2.21. The van der Waals surface area contributed by atoms with Crippen LogP contribution in [0, 0.1) is 0 Å². The Bertz CT molecular complexity index is 1210. The van der Waals surface area contributed by atoms with Crippen LogP contribution >= 0.6 is 0 Å². The van der Waals surface area contributed by atoms with Crippen molar-refractivity contribution in [2.24, 2.45) is 0 Å². The number of amides is 1. The second-order valence-corrected chi connectivity index (χ2v) is 11.0. The monoisotopic (exact) mass is 455 g/mol. The molecule has 1 fully saturated rings. The number of benzene rings is 2. The highest BCUT2D eigenvalue weighted by Crippen LogP contribution is 2.28. The van der Waals surface area contributed by atoms with Crippen molar-refractivity contribution in [3.05, 3.63) is 65.4 Å². The molecule has 2 heterocycles. The first-order valence-electron chi connectivity index (χ1n) is 10.9. The van der Waals surface area contributed by atoms with Crippen LogP contribution in [0.2, 0.25) is 0 Å². The van der Waals surface area contributed by atoms with E-state index in [-0.39, 0.29) is 29.9 Å². The number of furan rings is 1. The van der Waals surface area contributed by atoms with Crippen LogP contribution in [0.4, 0.5) is 0 Å². The standard InChI is InChI=1S/C25H29NO5S/c1-17(2)19-6-4-18(5-7-19)14-26(21-10-11-32(28,29)16-21)25(27)12-20-15-31-24-9-8-22(30-3)13-23(20)24/h4-9,13,15,17,21H,10-12,14,16H2,1-3H3. The average molecular weight is 456 g/mol. The summed E-state index contributed by atoms with van der Waals surface area (Å²) in [5, 5.41) is 0.831. The van der Waals surface area contributed by atoms with E-state index >= 15 is 0 Å². The number of sulfone groups is 1. The summed E-state index contributed by atoms with van der Waals surface area (Å²) in [6.45, 7) is 4.66. The number of nitrogens with zero attached hydrogens (tertiary/aromatic N) is 1. The normalized spacial score (nSPS) is 17.7. The molecule has 1 saturated heterocycles. The summed E-state index contributed by atoms with van der Waals surface area (Å²) in [4.78, 5) is 15.2. The first-order chi connectivity index (χ1) is 15.3. The van der Waals surface area contributed by atoms with Gasteiger partial charge in [-0.15, -0.1) is 0 Å². The minimum absolute atomic E-state index is 0.0166. The molecule has 1 unspecified atom stereocenters. The molecule has 1 atom stereocenters. The van der Waals surface area contributed by atoms with Crippen molar-refractivity contribution in [2.75, 3.05) is 18.6 Å². The summed E-state index contributed by atoms with van der Waals surface area (Å²) < 4.78 is 35.2. The minimum Gasteiger partial charge on any atom is -0.497 e. The fourth-order valence-electron chi connectivity index (χ4n) is 4.24. The Kier molecular flexibility index (Phi) is 6.29. The molecule has 0 spiro atoms. The third kappa shape index (κ3) is 4.83. The Balaban J connectivity index is 1.60. The van der Waals surface area contributed by atoms with Crippen molar-refractivity contribution < 1.29 is 22.4 Å². The molecule has 6 nitrogen and oxygen atoms in total. The van der Waals surface area contributed by atoms with Gasteiger partial charge in [-0.05, 0) is 41.7 Å². The van der Waals surface area contributed by atoms with Crippen molar-refractivity contribution in [1.29, 1.82) is 0 Å². The Morgan fingerprint density at radius 1 is 1.19 bits per heavy atom. The highest BCUT2D eigenvalue weighted by molar-refractivity contribution is 7.91. The topological polar surface area (TPSA) is 76.8 Å². The van der Waals surface area contributed by atoms with Gasteiger partial charge in [-0.3, -0.25) is 4.79 Å². The molecule has 32 heavy (non-hydrogen) atoms. The molecule has 0 radical (unpaired) electrons. The van der Waals surface area contributed by atoms with Crippen molar-refractivity contribution in [3.8, 4) is 5.75 Å². The Morgan fingerprint density at radius 3 is 2.56 bits per heavy atom. The van der Waals surface area contributed by atoms with E-state index in [2.05, 4.69) is 26.0 Å². The number of carbonyl (C=O) groups excluding carboxylic acids is 1. The first kappa shape index (κ1) is 22.4. The molecule has 0 aliphatic carbocycles. The van der Waals surface area contributed by atoms with Gasteiger partial charge >= 0.3 is 0 Å². The summed E-state index contributed by atoms with van der Waals surface area (Å²) >= 11 is 0. The van der Waals surface area contributed by atoms with E-state index in [0.29, 0.717) is 30.2 Å². The fraction of sp³-hybridized carbons (Fsp3) is 0.400. The fourth-order valence-corrected chi connectivity index (χ4v) is 5.97. The number of rotatable bonds is 7. The zero-order chi connectivity index (χ0) is 22.9. The molecule has 3 aromatic rings. The Hall–Kier alpha value is -2.80. The third-order valence-corrected chi connectivity index (χ3v) is 7.92. The van der Waals surface area contributed by atoms with Gasteiger partial charge in [0.15, 0.2) is 9.84 Å². The van der Waals surface area contributed by atoms with Crippen LogP contribution in [0.1, 0.15) is 42.9 Å². The lowest BCUT2D eigenvalue weighted by Gasteiger charge is -2.28. The lowest BCUT2D eigenvalue weighted by molar-refractivity contribution is -0.133. The first-order valence-corrected chi connectivity index (χ1v) is 12.7. The van der Waals surface area contributed by atoms with E-state index < -0.39 is 9.84 Å². The maximum Gasteiger partial charge on any atom is 0.227 e. The van der Waals surface area contributed by atoms with Gasteiger partial charge in [0.1, 0.15) is 11.3 Å². The SMILES string of the molecule is COc1ccc2occ(CC(=O)N(Cc3ccc(C(C)C)cc3)C3CCS(=O)(=O)C3)c2c1. The van der Waals surface area contributed by atoms with Gasteiger partial charge < -0.3 is 14.1 Å². The maximum absolute atomic E-state index is 13.4. The summed E-state index contributed by atoms with van der Waals surface area (Å²) in [5.41, 5.74) is 3.68. The number of methoxy groups -OCH3 is 1. The highest BCUT2D eigenvalue weighted by atomic mass is 32.2. The van der Waals surface area contributed by atoms with Gasteiger partial charge in [0.2, 0.25) is 5.91 Å². The van der Waals surface area contributed by atoms with Gasteiger partial charge in [0.05, 0.1) is 31.3 Å². The van der Waals surface area contributed by atoms with Gasteiger partial charge in [-0.25, -0.2) is 8.42 Å². The van der Waals surface area contributed by atoms with Gasteiger partial charge in [0, 0.05) is 23.5 Å². The lowest BCUT2D eigenvalue weighted by atomic mass is 10.0. The van der Waals surface area contributed by atoms with Gasteiger partial charge in [0.25, 0.3) is 0 Å². The maximum atomic E-state index is 13.4. The van der Waals surface area contributed by atoms with E-state index in [0.717, 1.165) is 16.5 Å². The van der Waals surface area contributed by atoms with Crippen molar-refractivity contribution in [2.45, 2.75) is 45.2 Å². The third-order valence-electron chi connectivity index (χ3n) is 6.17. The van der Waals surface area contributed by atoms with Crippen LogP contribution in [0.15, 0.2) is 53.1 Å². The minimum atomic E-state index is -3.12. The zero-order valence-electron chi connectivity index (χ0n) is 18.7. The van der Waals surface area contributed by atoms with Crippen LogP contribution in [0.3, 0.4) is 0 Å². The van der Waals surface area contributed by atoms with E-state index in [9.17, 15) is 13.2 Å². The number of carbonyl (C=O) groups is 1. The van der Waals surface area contributed by atoms with Crippen LogP contribution < -0.4 is 4.74 Å². The summed E-state index contributed by atoms with van der Waals surface area (Å²) in [6, 6.07) is 13.4. The molecule has 0 saturated carbocycles. The number of fused-ring (bicyclic) bond motifs is 1. The Morgan fingerprint density at radius 2 is 1.94 bits per heavy atom. The molecular formula is C25H29NO5S. The van der Waals surface area contributed by atoms with Gasteiger partial charge in [-0.1, -0.05) is 38.1 Å². The smallest absolute Gasteiger partial charge is 0.227 e. The molecule has 2 aromatic carbocycles. The molecule has 1 aliphatic rings. The molecule has 1 amide bonds. The van der Waals surface area contributed by atoms with E-state index in [1.54, 1.807) is 18.3 Å². The van der Waals surface area contributed by atoms with Gasteiger partial charge in [-0.2, -0.15) is 0 Å². The second kappa shape index (κ2) is 8.98. The zero-order valence-corrected chi connectivity index (χ0v) is 19.5. The quantitative estimate of drug-likeness (QED) is 0.530. The van der Waals surface area contributed by atoms with Crippen LogP contribution in [-0.4, -0.2) is 43.9 Å². The van der Waals surface area contributed by atoms with E-state index in [4.69, 9.17) is 9.15 Å². The molecule has 1 aromatic heterocycles. The van der Waals surface area contributed by atoms with Crippen molar-refractivity contribution >= 4 is 26.7 Å². The number of hydrogen-bond donors (Lipinski definition) is 0. The van der Waals surface area contributed by atoms with E-state index in [1.165, 1.54) is 5.56 Å². The Labute approximate surface area is 189 Å². The van der Waals surface area contributed by atoms with Crippen LogP contribution in [0.5, 0.6) is 5.75 Å². The summed E-state index contributed by atoms with van der Waals surface area (Å²) in [5.74, 6) is 1.15. The molecule has 170 valence electrons. The number of hydrogen-bond acceptors (Lipinski definition) is 5. The predicted octanol–water partition coefficient (Wildman–Crippen LogP) is 4.32. The molecule has 0 N–H and O–H groups in total. The number of ether oxygens (including phenoxy) is 1. The molecular weight excluding hydrogens is 426 g/mol. The lowest BCUT2D eigenvalue weighted by Crippen LogP contribution is -2.41. The highest BCUT2D eigenvalue weighted by Gasteiger charge is 2.35. The molecule has 7 heteroatoms. The van der Waals surface area contributed by atoms with Crippen LogP contribution in [0.25, 0.3) is 11.0 Å².